The van der Waals surface area contributed by atoms with Crippen LogP contribution in [0, 0.1) is 0 Å². The smallest absolute Gasteiger partial charge is 0.857 e. The third-order valence-electron chi connectivity index (χ3n) is 0. The molecular weight excluding hydrogens is 1580 g/mol. The summed E-state index contributed by atoms with van der Waals surface area (Å²) in [6, 6.07) is 0. The summed E-state index contributed by atoms with van der Waals surface area (Å²) < 4.78 is 61.0. The summed E-state index contributed by atoms with van der Waals surface area (Å²) in [4.78, 5) is 152. The Hall–Kier alpha value is 8.46. The molecule has 0 aliphatic rings. The minimum atomic E-state index is -5.86. The first-order chi connectivity index (χ1) is 12.0. The van der Waals surface area contributed by atoms with E-state index in [0.717, 1.165) is 0 Å². The Labute approximate surface area is 403 Å². The van der Waals surface area contributed by atoms with Crippen LogP contribution in [0.25, 0.3) is 0 Å². The van der Waals surface area contributed by atoms with Crippen LogP contribution >= 0.6 is 0 Å². The van der Waals surface area contributed by atoms with Crippen molar-refractivity contribution in [1.29, 1.82) is 0 Å². The molecule has 0 fully saturated rings. The zero-order chi connectivity index (χ0) is 27.0. The molecule has 0 aromatic rings. The number of hydrogen-bond donors (Lipinski definition) is 0. The zero-order valence-corrected chi connectivity index (χ0v) is 61.3. The quantitative estimate of drug-likeness (QED) is 0.123. The average molecular weight is 1580 g/mol. The van der Waals surface area contributed by atoms with Crippen molar-refractivity contribution in [1.82, 2.24) is 0 Å². The van der Waals surface area contributed by atoms with Gasteiger partial charge in [0.2, 0.25) is 0 Å². The van der Waals surface area contributed by atoms with Gasteiger partial charge in [0.15, 0.2) is 0 Å². The van der Waals surface area contributed by atoms with Crippen LogP contribution in [0.2, 0.25) is 0 Å². The standard InChI is InChI=1S/9Cd.6FO3Si/c;;;;;;;;;6*1-5(2,3)4/q9*+2;6*-3. The first kappa shape index (κ1) is 97.2. The van der Waals surface area contributed by atoms with E-state index in [4.69, 9.17) is 86.3 Å². The number of halogens is 6. The van der Waals surface area contributed by atoms with Crippen molar-refractivity contribution < 1.29 is 357 Å². The summed E-state index contributed by atoms with van der Waals surface area (Å²) >= 11 is 0. The van der Waals surface area contributed by atoms with Crippen LogP contribution in [0.4, 0.5) is 24.6 Å². The van der Waals surface area contributed by atoms with Crippen molar-refractivity contribution in [2.45, 2.75) is 0 Å². The summed E-state index contributed by atoms with van der Waals surface area (Å²) in [5, 5.41) is 0. The van der Waals surface area contributed by atoms with Gasteiger partial charge in [-0.2, -0.15) is 0 Å². The molecular formula is Cd9F6O18Si6. The molecule has 0 saturated heterocycles. The van der Waals surface area contributed by atoms with Crippen molar-refractivity contribution in [2.75, 3.05) is 0 Å². The van der Waals surface area contributed by atoms with Gasteiger partial charge in [-0.05, 0) is 0 Å². The molecule has 0 aliphatic heterocycles. The van der Waals surface area contributed by atoms with Crippen LogP contribution < -0.4 is 86.3 Å². The molecule has 0 atom stereocenters. The molecule has 0 spiro atoms. The third kappa shape index (κ3) is 1280. The molecule has 0 saturated carbocycles. The summed E-state index contributed by atoms with van der Waals surface area (Å²) in [6.07, 6.45) is 0. The second kappa shape index (κ2) is 48.6. The summed E-state index contributed by atoms with van der Waals surface area (Å²) in [7, 11) is -35.2. The van der Waals surface area contributed by atoms with Gasteiger partial charge in [-0.25, -0.2) is 0 Å². The predicted molar refractivity (Wildman–Crippen MR) is 41.2 cm³/mol. The van der Waals surface area contributed by atoms with Crippen LogP contribution in [0.15, 0.2) is 0 Å². The maximum atomic E-state index is 10.2. The second-order valence-electron chi connectivity index (χ2n) is 2.89. The SMILES string of the molecule is [Cd+2].[Cd+2].[Cd+2].[Cd+2].[Cd+2].[Cd+2].[Cd+2].[Cd+2].[Cd+2].[O-][Si]([O-])([O-])F.[O-][Si]([O-])([O-])F.[O-][Si]([O-])([O-])F.[O-][Si]([O-])([O-])F.[O-][Si]([O-])([O-])F.[O-][Si]([O-])([O-])F. The molecule has 192 valence electrons. The van der Waals surface area contributed by atoms with Crippen LogP contribution in [-0.2, 0) is 246 Å². The Morgan fingerprint density at radius 1 is 0.179 bits per heavy atom. The summed E-state index contributed by atoms with van der Waals surface area (Å²) in [5.41, 5.74) is 0. The summed E-state index contributed by atoms with van der Waals surface area (Å²) in [6.45, 7) is 0. The fourth-order valence-corrected chi connectivity index (χ4v) is 0. The van der Waals surface area contributed by atoms with Crippen LogP contribution in [0.5, 0.6) is 0 Å². The maximum absolute atomic E-state index is 10.2. The Morgan fingerprint density at radius 3 is 0.179 bits per heavy atom. The molecule has 0 aromatic carbocycles. The molecule has 0 rings (SSSR count). The fraction of sp³-hybridized carbons (Fsp3) is 0. The van der Waals surface area contributed by atoms with Crippen molar-refractivity contribution in [3.8, 4) is 0 Å². The normalized spacial score (nSPS) is 9.23. The molecule has 0 heterocycles. The molecule has 18 nitrogen and oxygen atoms in total. The van der Waals surface area contributed by atoms with E-state index < -0.39 is 54.8 Å². The largest absolute Gasteiger partial charge is 2.00 e. The minimum Gasteiger partial charge on any atom is -0.857 e. The van der Waals surface area contributed by atoms with Crippen LogP contribution in [-0.4, -0.2) is 54.8 Å². The number of hydrogen-bond acceptors (Lipinski definition) is 18. The maximum Gasteiger partial charge on any atom is 2.00 e. The number of rotatable bonds is 0. The van der Waals surface area contributed by atoms with Gasteiger partial charge in [-0.3, -0.25) is 0 Å². The first-order valence-electron chi connectivity index (χ1n) is 4.81. The first-order valence-corrected chi connectivity index (χ1v) is 14.4. The monoisotopic (exact) mass is 1590 g/mol. The Bertz CT molecular complexity index is 258. The van der Waals surface area contributed by atoms with Gasteiger partial charge >= 0.3 is 246 Å². The van der Waals surface area contributed by atoms with E-state index in [0.29, 0.717) is 0 Å². The van der Waals surface area contributed by atoms with E-state index in [2.05, 4.69) is 0 Å². The van der Waals surface area contributed by atoms with Gasteiger partial charge in [0, 0.05) is 0 Å². The van der Waals surface area contributed by atoms with Gasteiger partial charge in [0.1, 0.15) is 0 Å². The van der Waals surface area contributed by atoms with Gasteiger partial charge in [-0.15, -0.1) is 0 Å². The topological polar surface area (TPSA) is 415 Å². The Balaban J connectivity index is -0.0000000130. The van der Waals surface area contributed by atoms with Crippen LogP contribution in [0.3, 0.4) is 0 Å². The molecule has 0 aliphatic carbocycles. The molecule has 0 radical (unpaired) electrons. The van der Waals surface area contributed by atoms with Gasteiger partial charge in [0.25, 0.3) is 0 Å². The minimum absolute atomic E-state index is 0. The van der Waals surface area contributed by atoms with E-state index in [1.54, 1.807) is 0 Å². The van der Waals surface area contributed by atoms with Gasteiger partial charge in [-0.1, -0.05) is 54.8 Å². The fourth-order valence-electron chi connectivity index (χ4n) is 0. The van der Waals surface area contributed by atoms with Gasteiger partial charge < -0.3 is 111 Å². The molecule has 0 amide bonds. The second-order valence-corrected chi connectivity index (χ2v) is 8.67. The summed E-state index contributed by atoms with van der Waals surface area (Å²) in [5.74, 6) is 0. The zero-order valence-electron chi connectivity index (χ0n) is 19.0. The van der Waals surface area contributed by atoms with E-state index in [-0.39, 0.29) is 246 Å². The van der Waals surface area contributed by atoms with Gasteiger partial charge in [0.05, 0.1) is 0 Å². The molecule has 0 bridgehead atoms. The average Bonchev–Trinajstić information content (AvgIpc) is 1.94. The van der Waals surface area contributed by atoms with E-state index in [1.807, 2.05) is 0 Å². The Kier molecular flexibility index (Phi) is 121. The van der Waals surface area contributed by atoms with E-state index >= 15 is 0 Å². The van der Waals surface area contributed by atoms with Crippen LogP contribution in [0.1, 0.15) is 0 Å². The van der Waals surface area contributed by atoms with E-state index in [1.165, 1.54) is 0 Å². The molecule has 0 aromatic heterocycles. The van der Waals surface area contributed by atoms with Crippen molar-refractivity contribution in [2.24, 2.45) is 0 Å². The predicted octanol–water partition coefficient (Wildman–Crippen LogP) is -21.2. The van der Waals surface area contributed by atoms with Crippen molar-refractivity contribution in [3.63, 3.8) is 0 Å². The molecule has 39 heavy (non-hydrogen) atoms. The molecule has 0 unspecified atom stereocenters. The third-order valence-corrected chi connectivity index (χ3v) is 0. The molecule has 39 heteroatoms. The van der Waals surface area contributed by atoms with Crippen molar-refractivity contribution in [3.05, 3.63) is 0 Å². The van der Waals surface area contributed by atoms with Crippen molar-refractivity contribution >= 4 is 54.8 Å². The van der Waals surface area contributed by atoms with E-state index in [9.17, 15) is 24.6 Å². The Morgan fingerprint density at radius 2 is 0.179 bits per heavy atom. The molecule has 0 N–H and O–H groups in total.